The van der Waals surface area contributed by atoms with Crippen LogP contribution < -0.4 is 5.32 Å². The SMILES string of the molecule is CCCCCCCCCC(Cc1ccc(C)cc1)NC. The van der Waals surface area contributed by atoms with E-state index in [2.05, 4.69) is 50.5 Å². The molecule has 1 aromatic rings. The van der Waals surface area contributed by atoms with Crippen molar-refractivity contribution in [2.75, 3.05) is 7.05 Å². The molecule has 0 amide bonds. The summed E-state index contributed by atoms with van der Waals surface area (Å²) in [5, 5.41) is 3.48. The van der Waals surface area contributed by atoms with Crippen LogP contribution in [0.15, 0.2) is 24.3 Å². The van der Waals surface area contributed by atoms with E-state index < -0.39 is 0 Å². The summed E-state index contributed by atoms with van der Waals surface area (Å²) < 4.78 is 0. The van der Waals surface area contributed by atoms with Crippen LogP contribution in [0.1, 0.15) is 69.4 Å². The summed E-state index contributed by atoms with van der Waals surface area (Å²) in [4.78, 5) is 0. The van der Waals surface area contributed by atoms with E-state index in [0.717, 1.165) is 6.42 Å². The minimum atomic E-state index is 0.633. The Bertz CT molecular complexity index is 328. The second kappa shape index (κ2) is 10.9. The van der Waals surface area contributed by atoms with Gasteiger partial charge in [0, 0.05) is 6.04 Å². The van der Waals surface area contributed by atoms with Crippen LogP contribution in [0.25, 0.3) is 0 Å². The van der Waals surface area contributed by atoms with Crippen LogP contribution in [0.3, 0.4) is 0 Å². The molecule has 0 aromatic heterocycles. The Labute approximate surface area is 126 Å². The van der Waals surface area contributed by atoms with Crippen LogP contribution in [-0.4, -0.2) is 13.1 Å². The molecule has 20 heavy (non-hydrogen) atoms. The van der Waals surface area contributed by atoms with Crippen molar-refractivity contribution < 1.29 is 0 Å². The van der Waals surface area contributed by atoms with Gasteiger partial charge in [0.1, 0.15) is 0 Å². The Morgan fingerprint density at radius 1 is 0.900 bits per heavy atom. The summed E-state index contributed by atoms with van der Waals surface area (Å²) in [6.45, 7) is 4.43. The van der Waals surface area contributed by atoms with E-state index in [1.165, 1.54) is 62.5 Å². The number of benzene rings is 1. The van der Waals surface area contributed by atoms with E-state index in [4.69, 9.17) is 0 Å². The van der Waals surface area contributed by atoms with Crippen molar-refractivity contribution in [2.24, 2.45) is 0 Å². The number of unbranched alkanes of at least 4 members (excludes halogenated alkanes) is 6. The van der Waals surface area contributed by atoms with Crippen molar-refractivity contribution in [1.29, 1.82) is 0 Å². The van der Waals surface area contributed by atoms with E-state index in [1.54, 1.807) is 0 Å². The summed E-state index contributed by atoms with van der Waals surface area (Å²) >= 11 is 0. The van der Waals surface area contributed by atoms with Crippen molar-refractivity contribution in [3.8, 4) is 0 Å². The molecule has 0 radical (unpaired) electrons. The number of rotatable bonds is 11. The average Bonchev–Trinajstić information content (AvgIpc) is 2.47. The molecule has 0 saturated heterocycles. The quantitative estimate of drug-likeness (QED) is 0.543. The van der Waals surface area contributed by atoms with Crippen molar-refractivity contribution >= 4 is 0 Å². The van der Waals surface area contributed by atoms with Crippen molar-refractivity contribution in [1.82, 2.24) is 5.32 Å². The van der Waals surface area contributed by atoms with Gasteiger partial charge in [-0.2, -0.15) is 0 Å². The summed E-state index contributed by atoms with van der Waals surface area (Å²) in [6.07, 6.45) is 12.3. The van der Waals surface area contributed by atoms with Crippen LogP contribution in [0.4, 0.5) is 0 Å². The van der Waals surface area contributed by atoms with E-state index in [1.807, 2.05) is 0 Å². The third kappa shape index (κ3) is 7.69. The fourth-order valence-electron chi connectivity index (χ4n) is 2.70. The van der Waals surface area contributed by atoms with Gasteiger partial charge in [-0.05, 0) is 32.4 Å². The first-order chi connectivity index (χ1) is 9.76. The summed E-state index contributed by atoms with van der Waals surface area (Å²) in [6, 6.07) is 9.61. The van der Waals surface area contributed by atoms with Gasteiger partial charge < -0.3 is 5.32 Å². The van der Waals surface area contributed by atoms with E-state index in [0.29, 0.717) is 6.04 Å². The highest BCUT2D eigenvalue weighted by molar-refractivity contribution is 5.22. The zero-order valence-corrected chi connectivity index (χ0v) is 13.8. The molecule has 0 fully saturated rings. The Hall–Kier alpha value is -0.820. The Kier molecular flexibility index (Phi) is 9.40. The molecule has 0 aliphatic rings. The first-order valence-corrected chi connectivity index (χ1v) is 8.49. The highest BCUT2D eigenvalue weighted by Gasteiger charge is 2.06. The molecular formula is C19H33N. The molecule has 0 aliphatic heterocycles. The fraction of sp³-hybridized carbons (Fsp3) is 0.684. The minimum absolute atomic E-state index is 0.633. The van der Waals surface area contributed by atoms with Crippen molar-refractivity contribution in [2.45, 2.75) is 77.7 Å². The second-order valence-electron chi connectivity index (χ2n) is 6.09. The van der Waals surface area contributed by atoms with Crippen LogP contribution >= 0.6 is 0 Å². The maximum atomic E-state index is 3.48. The molecule has 1 N–H and O–H groups in total. The molecule has 1 atom stereocenters. The van der Waals surface area contributed by atoms with Gasteiger partial charge in [0.15, 0.2) is 0 Å². The number of hydrogen-bond acceptors (Lipinski definition) is 1. The molecule has 114 valence electrons. The first-order valence-electron chi connectivity index (χ1n) is 8.49. The number of nitrogens with one attached hydrogen (secondary N) is 1. The number of aryl methyl sites for hydroxylation is 1. The van der Waals surface area contributed by atoms with Crippen LogP contribution in [0.2, 0.25) is 0 Å². The normalized spacial score (nSPS) is 12.6. The monoisotopic (exact) mass is 275 g/mol. The lowest BCUT2D eigenvalue weighted by molar-refractivity contribution is 0.478. The van der Waals surface area contributed by atoms with Gasteiger partial charge >= 0.3 is 0 Å². The van der Waals surface area contributed by atoms with E-state index >= 15 is 0 Å². The molecule has 1 rings (SSSR count). The van der Waals surface area contributed by atoms with Gasteiger partial charge in [-0.1, -0.05) is 81.7 Å². The third-order valence-corrected chi connectivity index (χ3v) is 4.17. The van der Waals surface area contributed by atoms with Crippen LogP contribution in [0, 0.1) is 6.92 Å². The van der Waals surface area contributed by atoms with Crippen molar-refractivity contribution in [3.63, 3.8) is 0 Å². The Morgan fingerprint density at radius 2 is 1.50 bits per heavy atom. The number of hydrogen-bond donors (Lipinski definition) is 1. The lowest BCUT2D eigenvalue weighted by atomic mass is 9.99. The highest BCUT2D eigenvalue weighted by atomic mass is 14.9. The molecule has 0 spiro atoms. The molecule has 1 unspecified atom stereocenters. The predicted octanol–water partition coefficient (Wildman–Crippen LogP) is 5.27. The molecule has 0 saturated carbocycles. The lowest BCUT2D eigenvalue weighted by Gasteiger charge is -2.16. The highest BCUT2D eigenvalue weighted by Crippen LogP contribution is 2.13. The smallest absolute Gasteiger partial charge is 0.0104 e. The zero-order valence-electron chi connectivity index (χ0n) is 13.8. The van der Waals surface area contributed by atoms with Gasteiger partial charge in [-0.25, -0.2) is 0 Å². The van der Waals surface area contributed by atoms with Crippen LogP contribution in [0.5, 0.6) is 0 Å². The molecule has 0 aliphatic carbocycles. The molecule has 1 aromatic carbocycles. The average molecular weight is 275 g/mol. The Balaban J connectivity index is 2.14. The standard InChI is InChI=1S/C19H33N/c1-4-5-6-7-8-9-10-11-19(20-3)16-18-14-12-17(2)13-15-18/h12-15,19-20H,4-11,16H2,1-3H3. The van der Waals surface area contributed by atoms with Gasteiger partial charge in [-0.15, -0.1) is 0 Å². The molecule has 0 heterocycles. The lowest BCUT2D eigenvalue weighted by Crippen LogP contribution is -2.27. The maximum absolute atomic E-state index is 3.48. The maximum Gasteiger partial charge on any atom is 0.0104 e. The van der Waals surface area contributed by atoms with Crippen molar-refractivity contribution in [3.05, 3.63) is 35.4 Å². The first kappa shape index (κ1) is 17.2. The minimum Gasteiger partial charge on any atom is -0.317 e. The second-order valence-corrected chi connectivity index (χ2v) is 6.09. The summed E-state index contributed by atoms with van der Waals surface area (Å²) in [5.74, 6) is 0. The van der Waals surface area contributed by atoms with Crippen LogP contribution in [-0.2, 0) is 6.42 Å². The third-order valence-electron chi connectivity index (χ3n) is 4.17. The van der Waals surface area contributed by atoms with E-state index in [9.17, 15) is 0 Å². The molecule has 1 heteroatoms. The largest absolute Gasteiger partial charge is 0.317 e. The number of likely N-dealkylation sites (N-methyl/N-ethyl adjacent to an activating group) is 1. The van der Waals surface area contributed by atoms with Gasteiger partial charge in [0.25, 0.3) is 0 Å². The topological polar surface area (TPSA) is 12.0 Å². The predicted molar refractivity (Wildman–Crippen MR) is 90.3 cm³/mol. The summed E-state index contributed by atoms with van der Waals surface area (Å²) in [5.41, 5.74) is 2.81. The molecule has 1 nitrogen and oxygen atoms in total. The molecular weight excluding hydrogens is 242 g/mol. The Morgan fingerprint density at radius 3 is 2.10 bits per heavy atom. The van der Waals surface area contributed by atoms with Gasteiger partial charge in [-0.3, -0.25) is 0 Å². The summed E-state index contributed by atoms with van der Waals surface area (Å²) in [7, 11) is 2.10. The van der Waals surface area contributed by atoms with Gasteiger partial charge in [0.05, 0.1) is 0 Å². The van der Waals surface area contributed by atoms with E-state index in [-0.39, 0.29) is 0 Å². The van der Waals surface area contributed by atoms with Gasteiger partial charge in [0.2, 0.25) is 0 Å². The fourth-order valence-corrected chi connectivity index (χ4v) is 2.70. The zero-order chi connectivity index (χ0) is 14.6. The molecule has 0 bridgehead atoms.